The highest BCUT2D eigenvalue weighted by Gasteiger charge is 2.21. The van der Waals surface area contributed by atoms with Gasteiger partial charge in [0.15, 0.2) is 11.5 Å². The fourth-order valence-electron chi connectivity index (χ4n) is 1.08. The number of halogens is 1. The zero-order chi connectivity index (χ0) is 11.6. The summed E-state index contributed by atoms with van der Waals surface area (Å²) in [5.74, 6) is -0.882. The second-order valence-corrected chi connectivity index (χ2v) is 3.23. The molecule has 2 N–H and O–H groups in total. The summed E-state index contributed by atoms with van der Waals surface area (Å²) in [6, 6.07) is 0. The molecule has 0 aliphatic rings. The van der Waals surface area contributed by atoms with E-state index in [4.69, 9.17) is 5.73 Å². The van der Waals surface area contributed by atoms with E-state index in [9.17, 15) is 14.5 Å². The highest BCUT2D eigenvalue weighted by atomic mass is 19.1. The molecule has 15 heavy (non-hydrogen) atoms. The minimum absolute atomic E-state index is 0.0684. The Bertz CT molecular complexity index is 439. The summed E-state index contributed by atoms with van der Waals surface area (Å²) >= 11 is 0. The van der Waals surface area contributed by atoms with Crippen LogP contribution in [0.2, 0.25) is 0 Å². The summed E-state index contributed by atoms with van der Waals surface area (Å²) < 4.78 is 12.9. The average Bonchev–Trinajstić information content (AvgIpc) is 2.10. The monoisotopic (exact) mass is 211 g/mol. The molecule has 1 heterocycles. The number of rotatable bonds is 2. The standard InChI is InChI=1S/C9H10FN3O2/c1-5(2)3-7-9(13(14)15)8(11)6(10)4-12-7/h3-4H,1-2H3,(H2,11,12). The van der Waals surface area contributed by atoms with Gasteiger partial charge in [0.1, 0.15) is 5.69 Å². The van der Waals surface area contributed by atoms with Gasteiger partial charge in [0.2, 0.25) is 0 Å². The summed E-state index contributed by atoms with van der Waals surface area (Å²) in [4.78, 5) is 13.6. The summed E-state index contributed by atoms with van der Waals surface area (Å²) in [6.45, 7) is 3.51. The number of hydrogen-bond donors (Lipinski definition) is 1. The fourth-order valence-corrected chi connectivity index (χ4v) is 1.08. The molecule has 0 atom stereocenters. The van der Waals surface area contributed by atoms with Crippen molar-refractivity contribution in [2.24, 2.45) is 0 Å². The Balaban J connectivity index is 3.47. The van der Waals surface area contributed by atoms with Gasteiger partial charge in [-0.1, -0.05) is 5.57 Å². The van der Waals surface area contributed by atoms with E-state index in [0.717, 1.165) is 11.8 Å². The quantitative estimate of drug-likeness (QED) is 0.600. The summed E-state index contributed by atoms with van der Waals surface area (Å²) in [7, 11) is 0. The first-order chi connectivity index (χ1) is 6.93. The largest absolute Gasteiger partial charge is 0.391 e. The molecule has 80 valence electrons. The Labute approximate surface area is 85.6 Å². The van der Waals surface area contributed by atoms with Crippen LogP contribution in [0.5, 0.6) is 0 Å². The van der Waals surface area contributed by atoms with Crippen LogP contribution in [0.4, 0.5) is 15.8 Å². The zero-order valence-electron chi connectivity index (χ0n) is 8.32. The lowest BCUT2D eigenvalue weighted by Crippen LogP contribution is -2.03. The van der Waals surface area contributed by atoms with Crippen LogP contribution in [-0.4, -0.2) is 9.91 Å². The van der Waals surface area contributed by atoms with Gasteiger partial charge < -0.3 is 5.73 Å². The van der Waals surface area contributed by atoms with Gasteiger partial charge in [-0.2, -0.15) is 0 Å². The molecule has 1 aromatic rings. The van der Waals surface area contributed by atoms with Crippen molar-refractivity contribution in [2.75, 3.05) is 5.73 Å². The predicted octanol–water partition coefficient (Wildman–Crippen LogP) is 2.13. The molecule has 0 unspecified atom stereocenters. The van der Waals surface area contributed by atoms with E-state index in [1.807, 2.05) is 0 Å². The summed E-state index contributed by atoms with van der Waals surface area (Å²) in [5.41, 5.74) is 5.19. The fraction of sp³-hybridized carbons (Fsp3) is 0.222. The van der Waals surface area contributed by atoms with E-state index < -0.39 is 22.1 Å². The van der Waals surface area contributed by atoms with Crippen molar-refractivity contribution in [3.8, 4) is 0 Å². The van der Waals surface area contributed by atoms with E-state index in [-0.39, 0.29) is 5.69 Å². The maximum Gasteiger partial charge on any atom is 0.320 e. The van der Waals surface area contributed by atoms with Gasteiger partial charge in [0.25, 0.3) is 0 Å². The minimum atomic E-state index is -0.882. The first kappa shape index (κ1) is 11.1. The van der Waals surface area contributed by atoms with E-state index >= 15 is 0 Å². The van der Waals surface area contributed by atoms with Crippen LogP contribution in [0.15, 0.2) is 11.8 Å². The van der Waals surface area contributed by atoms with Crippen molar-refractivity contribution in [2.45, 2.75) is 13.8 Å². The number of nitrogens with zero attached hydrogens (tertiary/aromatic N) is 2. The van der Waals surface area contributed by atoms with Gasteiger partial charge in [-0.3, -0.25) is 10.1 Å². The van der Waals surface area contributed by atoms with Crippen LogP contribution in [-0.2, 0) is 0 Å². The lowest BCUT2D eigenvalue weighted by Gasteiger charge is -2.01. The second kappa shape index (κ2) is 4.04. The number of nitrogen functional groups attached to an aromatic ring is 1. The number of hydrogen-bond acceptors (Lipinski definition) is 4. The zero-order valence-corrected chi connectivity index (χ0v) is 8.32. The van der Waals surface area contributed by atoms with Gasteiger partial charge in [-0.25, -0.2) is 9.37 Å². The molecule has 0 aromatic carbocycles. The molecule has 0 spiro atoms. The molecule has 0 saturated carbocycles. The third kappa shape index (κ3) is 2.28. The molecule has 5 nitrogen and oxygen atoms in total. The number of allylic oxidation sites excluding steroid dienone is 1. The Kier molecular flexibility index (Phi) is 2.99. The lowest BCUT2D eigenvalue weighted by molar-refractivity contribution is -0.384. The molecule has 0 aliphatic carbocycles. The van der Waals surface area contributed by atoms with E-state index in [1.54, 1.807) is 13.8 Å². The average molecular weight is 211 g/mol. The van der Waals surface area contributed by atoms with E-state index in [1.165, 1.54) is 6.08 Å². The highest BCUT2D eigenvalue weighted by molar-refractivity contribution is 5.70. The molecular weight excluding hydrogens is 201 g/mol. The molecule has 0 saturated heterocycles. The number of nitrogens with two attached hydrogens (primary N) is 1. The molecular formula is C9H10FN3O2. The minimum Gasteiger partial charge on any atom is -0.391 e. The van der Waals surface area contributed by atoms with Crippen LogP contribution >= 0.6 is 0 Å². The Morgan fingerprint density at radius 2 is 2.27 bits per heavy atom. The van der Waals surface area contributed by atoms with E-state index in [2.05, 4.69) is 4.98 Å². The molecule has 0 amide bonds. The lowest BCUT2D eigenvalue weighted by atomic mass is 10.2. The van der Waals surface area contributed by atoms with Crippen molar-refractivity contribution in [3.05, 3.63) is 33.4 Å². The Morgan fingerprint density at radius 3 is 2.73 bits per heavy atom. The normalized spacial score (nSPS) is 9.80. The molecule has 1 aromatic heterocycles. The number of pyridine rings is 1. The maximum atomic E-state index is 12.9. The Hall–Kier alpha value is -1.98. The molecule has 0 fully saturated rings. The summed E-state index contributed by atoms with van der Waals surface area (Å²) in [6.07, 6.45) is 2.35. The molecule has 0 aliphatic heterocycles. The maximum absolute atomic E-state index is 12.9. The molecule has 0 bridgehead atoms. The second-order valence-electron chi connectivity index (χ2n) is 3.23. The van der Waals surface area contributed by atoms with Crippen molar-refractivity contribution in [1.82, 2.24) is 4.98 Å². The van der Waals surface area contributed by atoms with Gasteiger partial charge in [0, 0.05) is 0 Å². The van der Waals surface area contributed by atoms with Crippen LogP contribution in [0.25, 0.3) is 6.08 Å². The van der Waals surface area contributed by atoms with Gasteiger partial charge >= 0.3 is 5.69 Å². The number of anilines is 1. The highest BCUT2D eigenvalue weighted by Crippen LogP contribution is 2.28. The topological polar surface area (TPSA) is 82.0 Å². The van der Waals surface area contributed by atoms with E-state index in [0.29, 0.717) is 0 Å². The van der Waals surface area contributed by atoms with Crippen molar-refractivity contribution >= 4 is 17.5 Å². The van der Waals surface area contributed by atoms with Crippen LogP contribution in [0.1, 0.15) is 19.5 Å². The van der Waals surface area contributed by atoms with Crippen molar-refractivity contribution in [3.63, 3.8) is 0 Å². The third-order valence-electron chi connectivity index (χ3n) is 1.68. The molecule has 0 radical (unpaired) electrons. The van der Waals surface area contributed by atoms with Crippen LogP contribution in [0.3, 0.4) is 0 Å². The number of aromatic nitrogens is 1. The van der Waals surface area contributed by atoms with Crippen LogP contribution in [0, 0.1) is 15.9 Å². The van der Waals surface area contributed by atoms with Crippen LogP contribution < -0.4 is 5.73 Å². The van der Waals surface area contributed by atoms with Crippen molar-refractivity contribution in [1.29, 1.82) is 0 Å². The predicted molar refractivity (Wildman–Crippen MR) is 54.6 cm³/mol. The third-order valence-corrected chi connectivity index (χ3v) is 1.68. The van der Waals surface area contributed by atoms with Gasteiger partial charge in [0.05, 0.1) is 11.1 Å². The number of nitro groups is 1. The summed E-state index contributed by atoms with van der Waals surface area (Å²) in [5, 5.41) is 10.7. The first-order valence-corrected chi connectivity index (χ1v) is 4.16. The SMILES string of the molecule is CC(C)=Cc1ncc(F)c(N)c1[N+](=O)[O-]. The molecule has 1 rings (SSSR count). The first-order valence-electron chi connectivity index (χ1n) is 4.16. The Morgan fingerprint density at radius 1 is 1.67 bits per heavy atom. The smallest absolute Gasteiger partial charge is 0.320 e. The van der Waals surface area contributed by atoms with Gasteiger partial charge in [-0.05, 0) is 19.9 Å². The molecule has 6 heteroatoms. The van der Waals surface area contributed by atoms with Crippen molar-refractivity contribution < 1.29 is 9.31 Å². The van der Waals surface area contributed by atoms with Gasteiger partial charge in [-0.15, -0.1) is 0 Å².